The standard InChI is InChI=1S/C14H15N5S/c1-9-8-20-12-11(9)18-13(10-2-5-16-6-3-10)19-14(12)17-7-4-15/h2-3,5-6,8H,4,7,15H2,1H3,(H,17,18,19). The Hall–Kier alpha value is -2.05. The van der Waals surface area contributed by atoms with Crippen molar-refractivity contribution in [1.82, 2.24) is 15.0 Å². The van der Waals surface area contributed by atoms with Crippen molar-refractivity contribution in [3.63, 3.8) is 0 Å². The monoisotopic (exact) mass is 285 g/mol. The van der Waals surface area contributed by atoms with E-state index in [1.54, 1.807) is 23.7 Å². The van der Waals surface area contributed by atoms with Gasteiger partial charge in [-0.05, 0) is 30.0 Å². The Morgan fingerprint density at radius 2 is 2.05 bits per heavy atom. The van der Waals surface area contributed by atoms with Crippen LogP contribution in [-0.2, 0) is 0 Å². The highest BCUT2D eigenvalue weighted by Crippen LogP contribution is 2.31. The molecule has 20 heavy (non-hydrogen) atoms. The number of hydrogen-bond acceptors (Lipinski definition) is 6. The molecule has 0 bridgehead atoms. The molecule has 0 unspecified atom stereocenters. The lowest BCUT2D eigenvalue weighted by atomic mass is 10.2. The highest BCUT2D eigenvalue weighted by atomic mass is 32.1. The van der Waals surface area contributed by atoms with E-state index in [4.69, 9.17) is 5.73 Å². The molecular formula is C14H15N5S. The van der Waals surface area contributed by atoms with E-state index in [0.717, 1.165) is 21.6 Å². The van der Waals surface area contributed by atoms with Crippen molar-refractivity contribution in [3.8, 4) is 11.4 Å². The molecule has 3 N–H and O–H groups in total. The van der Waals surface area contributed by atoms with Crippen molar-refractivity contribution >= 4 is 27.4 Å². The molecule has 0 saturated carbocycles. The van der Waals surface area contributed by atoms with Crippen LogP contribution in [0.15, 0.2) is 29.9 Å². The Morgan fingerprint density at radius 3 is 2.80 bits per heavy atom. The summed E-state index contributed by atoms with van der Waals surface area (Å²) < 4.78 is 1.08. The first-order chi connectivity index (χ1) is 9.79. The van der Waals surface area contributed by atoms with E-state index < -0.39 is 0 Å². The fourth-order valence-corrected chi connectivity index (χ4v) is 2.93. The lowest BCUT2D eigenvalue weighted by Gasteiger charge is -2.08. The van der Waals surface area contributed by atoms with Crippen LogP contribution in [0.25, 0.3) is 21.6 Å². The zero-order valence-corrected chi connectivity index (χ0v) is 11.9. The number of hydrogen-bond donors (Lipinski definition) is 2. The molecule has 0 aromatic carbocycles. The second-order valence-corrected chi connectivity index (χ2v) is 5.32. The smallest absolute Gasteiger partial charge is 0.162 e. The summed E-state index contributed by atoms with van der Waals surface area (Å²) in [6.07, 6.45) is 3.49. The summed E-state index contributed by atoms with van der Waals surface area (Å²) in [5.74, 6) is 1.56. The Balaban J connectivity index is 2.16. The second kappa shape index (κ2) is 5.52. The highest BCUT2D eigenvalue weighted by Gasteiger charge is 2.12. The number of nitrogens with zero attached hydrogens (tertiary/aromatic N) is 3. The van der Waals surface area contributed by atoms with E-state index in [0.29, 0.717) is 18.9 Å². The molecule has 3 aromatic rings. The van der Waals surface area contributed by atoms with Gasteiger partial charge < -0.3 is 11.1 Å². The molecule has 0 radical (unpaired) electrons. The van der Waals surface area contributed by atoms with Crippen LogP contribution in [-0.4, -0.2) is 28.0 Å². The molecule has 3 heterocycles. The van der Waals surface area contributed by atoms with Gasteiger partial charge in [0.05, 0.1) is 10.2 Å². The van der Waals surface area contributed by atoms with Crippen LogP contribution >= 0.6 is 11.3 Å². The molecule has 0 atom stereocenters. The average molecular weight is 285 g/mol. The highest BCUT2D eigenvalue weighted by molar-refractivity contribution is 7.18. The molecule has 0 aliphatic carbocycles. The van der Waals surface area contributed by atoms with Crippen molar-refractivity contribution in [1.29, 1.82) is 0 Å². The molecule has 3 aromatic heterocycles. The van der Waals surface area contributed by atoms with Gasteiger partial charge in [-0.15, -0.1) is 11.3 Å². The molecule has 6 heteroatoms. The van der Waals surface area contributed by atoms with Gasteiger partial charge in [-0.3, -0.25) is 4.98 Å². The number of nitrogens with one attached hydrogen (secondary N) is 1. The van der Waals surface area contributed by atoms with Crippen LogP contribution in [0, 0.1) is 6.92 Å². The van der Waals surface area contributed by atoms with Gasteiger partial charge in [0.2, 0.25) is 0 Å². The lowest BCUT2D eigenvalue weighted by Crippen LogP contribution is -2.14. The third-order valence-corrected chi connectivity index (χ3v) is 4.06. The van der Waals surface area contributed by atoms with E-state index in [-0.39, 0.29) is 0 Å². The Morgan fingerprint density at radius 1 is 1.25 bits per heavy atom. The quantitative estimate of drug-likeness (QED) is 0.770. The van der Waals surface area contributed by atoms with E-state index in [1.807, 2.05) is 12.1 Å². The van der Waals surface area contributed by atoms with Crippen LogP contribution in [0.2, 0.25) is 0 Å². The summed E-state index contributed by atoms with van der Waals surface area (Å²) in [7, 11) is 0. The third kappa shape index (κ3) is 2.35. The number of fused-ring (bicyclic) bond motifs is 1. The van der Waals surface area contributed by atoms with Crippen molar-refractivity contribution in [3.05, 3.63) is 35.5 Å². The first-order valence-electron chi connectivity index (χ1n) is 6.40. The summed E-state index contributed by atoms with van der Waals surface area (Å²) in [5.41, 5.74) is 8.69. The maximum atomic E-state index is 5.56. The van der Waals surface area contributed by atoms with Gasteiger partial charge >= 0.3 is 0 Å². The van der Waals surface area contributed by atoms with E-state index in [9.17, 15) is 0 Å². The third-order valence-electron chi connectivity index (χ3n) is 2.97. The fourth-order valence-electron chi connectivity index (χ4n) is 1.97. The van der Waals surface area contributed by atoms with Gasteiger partial charge in [0.25, 0.3) is 0 Å². The molecule has 0 fully saturated rings. The van der Waals surface area contributed by atoms with Crippen molar-refractivity contribution in [2.75, 3.05) is 18.4 Å². The topological polar surface area (TPSA) is 76.7 Å². The molecule has 0 saturated heterocycles. The summed E-state index contributed by atoms with van der Waals surface area (Å²) in [4.78, 5) is 13.3. The second-order valence-electron chi connectivity index (χ2n) is 4.44. The molecular weight excluding hydrogens is 270 g/mol. The van der Waals surface area contributed by atoms with Crippen LogP contribution in [0.1, 0.15) is 5.56 Å². The summed E-state index contributed by atoms with van der Waals surface area (Å²) in [5, 5.41) is 5.38. The first-order valence-corrected chi connectivity index (χ1v) is 7.27. The number of thiophene rings is 1. The molecule has 0 aliphatic rings. The zero-order chi connectivity index (χ0) is 13.9. The first kappa shape index (κ1) is 13.0. The van der Waals surface area contributed by atoms with Crippen LogP contribution < -0.4 is 11.1 Å². The number of aromatic nitrogens is 3. The largest absolute Gasteiger partial charge is 0.367 e. The normalized spacial score (nSPS) is 10.9. The van der Waals surface area contributed by atoms with Gasteiger partial charge in [-0.1, -0.05) is 0 Å². The SMILES string of the molecule is Cc1csc2c(NCCN)nc(-c3ccncc3)nc12. The minimum atomic E-state index is 0.570. The summed E-state index contributed by atoms with van der Waals surface area (Å²) >= 11 is 1.65. The predicted octanol–water partition coefficient (Wildman–Crippen LogP) is 2.43. The van der Waals surface area contributed by atoms with E-state index in [2.05, 4.69) is 32.6 Å². The van der Waals surface area contributed by atoms with Gasteiger partial charge in [-0.25, -0.2) is 9.97 Å². The fraction of sp³-hybridized carbons (Fsp3) is 0.214. The Bertz CT molecular complexity index is 723. The average Bonchev–Trinajstić information content (AvgIpc) is 2.87. The maximum Gasteiger partial charge on any atom is 0.162 e. The van der Waals surface area contributed by atoms with Gasteiger partial charge in [0.1, 0.15) is 5.82 Å². The molecule has 3 rings (SSSR count). The summed E-state index contributed by atoms with van der Waals surface area (Å²) in [6.45, 7) is 3.33. The van der Waals surface area contributed by atoms with Gasteiger partial charge in [0, 0.05) is 31.0 Å². The van der Waals surface area contributed by atoms with E-state index in [1.165, 1.54) is 5.56 Å². The Kier molecular flexibility index (Phi) is 3.58. The van der Waals surface area contributed by atoms with Gasteiger partial charge in [-0.2, -0.15) is 0 Å². The van der Waals surface area contributed by atoms with Crippen molar-refractivity contribution in [2.24, 2.45) is 5.73 Å². The molecule has 0 aliphatic heterocycles. The van der Waals surface area contributed by atoms with Crippen LogP contribution in [0.3, 0.4) is 0 Å². The minimum Gasteiger partial charge on any atom is -0.367 e. The number of aryl methyl sites for hydroxylation is 1. The molecule has 102 valence electrons. The summed E-state index contributed by atoms with van der Waals surface area (Å²) in [6, 6.07) is 3.82. The number of rotatable bonds is 4. The number of anilines is 1. The van der Waals surface area contributed by atoms with Crippen molar-refractivity contribution < 1.29 is 0 Å². The number of nitrogens with two attached hydrogens (primary N) is 1. The molecule has 0 spiro atoms. The van der Waals surface area contributed by atoms with Crippen LogP contribution in [0.4, 0.5) is 5.82 Å². The zero-order valence-electron chi connectivity index (χ0n) is 11.1. The van der Waals surface area contributed by atoms with E-state index >= 15 is 0 Å². The van der Waals surface area contributed by atoms with Gasteiger partial charge in [0.15, 0.2) is 5.82 Å². The maximum absolute atomic E-state index is 5.56. The lowest BCUT2D eigenvalue weighted by molar-refractivity contribution is 1.01. The number of pyridine rings is 1. The molecule has 5 nitrogen and oxygen atoms in total. The Labute approximate surface area is 120 Å². The van der Waals surface area contributed by atoms with Crippen molar-refractivity contribution in [2.45, 2.75) is 6.92 Å². The molecule has 0 amide bonds. The minimum absolute atomic E-state index is 0.570. The van der Waals surface area contributed by atoms with Crippen LogP contribution in [0.5, 0.6) is 0 Å². The predicted molar refractivity (Wildman–Crippen MR) is 82.9 cm³/mol.